The summed E-state index contributed by atoms with van der Waals surface area (Å²) in [6.45, 7) is 0. The number of anilines is 1. The number of aromatic nitrogens is 4. The van der Waals surface area contributed by atoms with E-state index in [-0.39, 0.29) is 0 Å². The maximum Gasteiger partial charge on any atom is 0.155 e. The molecule has 0 spiro atoms. The van der Waals surface area contributed by atoms with Gasteiger partial charge in [-0.3, -0.25) is 0 Å². The lowest BCUT2D eigenvalue weighted by Crippen LogP contribution is -2.02. The minimum Gasteiger partial charge on any atom is -0.398 e. The van der Waals surface area contributed by atoms with E-state index < -0.39 is 0 Å². The van der Waals surface area contributed by atoms with E-state index >= 15 is 0 Å². The van der Waals surface area contributed by atoms with Gasteiger partial charge in [0.15, 0.2) is 5.82 Å². The van der Waals surface area contributed by atoms with Crippen LogP contribution in [0.1, 0.15) is 11.4 Å². The average Bonchev–Trinajstić information content (AvgIpc) is 2.57. The van der Waals surface area contributed by atoms with Gasteiger partial charge in [0.1, 0.15) is 0 Å². The quantitative estimate of drug-likeness (QED) is 0.773. The van der Waals surface area contributed by atoms with Gasteiger partial charge < -0.3 is 5.73 Å². The van der Waals surface area contributed by atoms with Crippen molar-refractivity contribution in [2.75, 3.05) is 5.73 Å². The molecule has 2 N–H and O–H groups in total. The number of nitrogens with two attached hydrogens (primary N) is 1. The van der Waals surface area contributed by atoms with Gasteiger partial charge in [0, 0.05) is 24.2 Å². The number of tetrazole rings is 1. The van der Waals surface area contributed by atoms with Crippen molar-refractivity contribution in [2.24, 2.45) is 7.05 Å². The Bertz CT molecular complexity index is 479. The molecule has 1 aromatic heterocycles. The molecular weight excluding hydrogens is 214 g/mol. The molecule has 0 saturated carbocycles. The SMILES string of the molecule is Cn1nnnc1Cc1ccc(Cl)cc1N. The van der Waals surface area contributed by atoms with Gasteiger partial charge in [-0.15, -0.1) is 5.10 Å². The van der Waals surface area contributed by atoms with Gasteiger partial charge >= 0.3 is 0 Å². The smallest absolute Gasteiger partial charge is 0.155 e. The summed E-state index contributed by atoms with van der Waals surface area (Å²) in [5.74, 6) is 0.768. The van der Waals surface area contributed by atoms with Crippen LogP contribution < -0.4 is 5.73 Å². The molecule has 78 valence electrons. The third-order valence-corrected chi connectivity index (χ3v) is 2.40. The number of aryl methyl sites for hydroxylation is 1. The van der Waals surface area contributed by atoms with Crippen LogP contribution in [0.3, 0.4) is 0 Å². The highest BCUT2D eigenvalue weighted by Crippen LogP contribution is 2.19. The van der Waals surface area contributed by atoms with Crippen molar-refractivity contribution in [3.8, 4) is 0 Å². The largest absolute Gasteiger partial charge is 0.398 e. The van der Waals surface area contributed by atoms with Crippen LogP contribution in [0.4, 0.5) is 5.69 Å². The highest BCUT2D eigenvalue weighted by atomic mass is 35.5. The molecule has 2 aromatic rings. The van der Waals surface area contributed by atoms with Gasteiger partial charge in [-0.2, -0.15) is 0 Å². The number of nitrogen functional groups attached to an aromatic ring is 1. The Morgan fingerprint density at radius 3 is 2.87 bits per heavy atom. The van der Waals surface area contributed by atoms with Crippen LogP contribution in [-0.2, 0) is 13.5 Å². The van der Waals surface area contributed by atoms with Crippen molar-refractivity contribution < 1.29 is 0 Å². The molecule has 1 heterocycles. The standard InChI is InChI=1S/C9H10ClN5/c1-15-9(12-13-14-15)4-6-2-3-7(10)5-8(6)11/h2-3,5H,4,11H2,1H3. The Kier molecular flexibility index (Phi) is 2.55. The maximum absolute atomic E-state index is 5.83. The van der Waals surface area contributed by atoms with Crippen LogP contribution in [0.15, 0.2) is 18.2 Å². The van der Waals surface area contributed by atoms with E-state index in [2.05, 4.69) is 15.5 Å². The summed E-state index contributed by atoms with van der Waals surface area (Å²) < 4.78 is 1.62. The molecule has 5 nitrogen and oxygen atoms in total. The first-order valence-electron chi connectivity index (χ1n) is 4.42. The fraction of sp³-hybridized carbons (Fsp3) is 0.222. The molecule has 0 atom stereocenters. The summed E-state index contributed by atoms with van der Waals surface area (Å²) in [7, 11) is 1.79. The maximum atomic E-state index is 5.83. The Labute approximate surface area is 91.8 Å². The number of hydrogen-bond acceptors (Lipinski definition) is 4. The third-order valence-electron chi connectivity index (χ3n) is 2.16. The van der Waals surface area contributed by atoms with Crippen LogP contribution in [0.2, 0.25) is 5.02 Å². The van der Waals surface area contributed by atoms with Gasteiger partial charge in [-0.25, -0.2) is 4.68 Å². The topological polar surface area (TPSA) is 69.6 Å². The predicted molar refractivity (Wildman–Crippen MR) is 57.5 cm³/mol. The van der Waals surface area contributed by atoms with Gasteiger partial charge in [-0.05, 0) is 28.1 Å². The van der Waals surface area contributed by atoms with Crippen LogP contribution in [0.25, 0.3) is 0 Å². The summed E-state index contributed by atoms with van der Waals surface area (Å²) in [4.78, 5) is 0. The van der Waals surface area contributed by atoms with Crippen molar-refractivity contribution in [2.45, 2.75) is 6.42 Å². The first-order chi connectivity index (χ1) is 7.16. The highest BCUT2D eigenvalue weighted by Gasteiger charge is 2.06. The summed E-state index contributed by atoms with van der Waals surface area (Å²) in [6, 6.07) is 5.41. The number of rotatable bonds is 2. The van der Waals surface area contributed by atoms with Crippen molar-refractivity contribution >= 4 is 17.3 Å². The van der Waals surface area contributed by atoms with E-state index in [1.807, 2.05) is 6.07 Å². The monoisotopic (exact) mass is 223 g/mol. The molecule has 0 aliphatic rings. The molecule has 0 radical (unpaired) electrons. The zero-order valence-electron chi connectivity index (χ0n) is 8.18. The Morgan fingerprint density at radius 1 is 1.47 bits per heavy atom. The zero-order valence-corrected chi connectivity index (χ0v) is 8.94. The van der Waals surface area contributed by atoms with Gasteiger partial charge in [-0.1, -0.05) is 17.7 Å². The van der Waals surface area contributed by atoms with Gasteiger partial charge in [0.25, 0.3) is 0 Å². The molecule has 15 heavy (non-hydrogen) atoms. The molecule has 0 unspecified atom stereocenters. The summed E-state index contributed by atoms with van der Waals surface area (Å²) >= 11 is 5.80. The summed E-state index contributed by atoms with van der Waals surface area (Å²) in [5, 5.41) is 11.8. The van der Waals surface area contributed by atoms with Gasteiger partial charge in [0.05, 0.1) is 0 Å². The van der Waals surface area contributed by atoms with Crippen molar-refractivity contribution in [3.63, 3.8) is 0 Å². The van der Waals surface area contributed by atoms with E-state index in [9.17, 15) is 0 Å². The first-order valence-corrected chi connectivity index (χ1v) is 4.80. The first kappa shape index (κ1) is 9.92. The molecule has 6 heteroatoms. The molecule has 0 aliphatic heterocycles. The van der Waals surface area contributed by atoms with E-state index in [4.69, 9.17) is 17.3 Å². The second-order valence-corrected chi connectivity index (χ2v) is 3.68. The molecule has 0 fully saturated rings. The fourth-order valence-corrected chi connectivity index (χ4v) is 1.48. The second-order valence-electron chi connectivity index (χ2n) is 3.24. The molecular formula is C9H10ClN5. The van der Waals surface area contributed by atoms with Crippen LogP contribution >= 0.6 is 11.6 Å². The number of nitrogens with zero attached hydrogens (tertiary/aromatic N) is 4. The molecule has 2 rings (SSSR count). The molecule has 0 saturated heterocycles. The lowest BCUT2D eigenvalue weighted by molar-refractivity contribution is 0.686. The summed E-state index contributed by atoms with van der Waals surface area (Å²) in [6.07, 6.45) is 0.604. The van der Waals surface area contributed by atoms with Crippen molar-refractivity contribution in [3.05, 3.63) is 34.6 Å². The molecule has 1 aromatic carbocycles. The number of benzene rings is 1. The van der Waals surface area contributed by atoms with Crippen LogP contribution in [0, 0.1) is 0 Å². The normalized spacial score (nSPS) is 10.5. The van der Waals surface area contributed by atoms with E-state index in [1.54, 1.807) is 23.9 Å². The number of hydrogen-bond donors (Lipinski definition) is 1. The summed E-state index contributed by atoms with van der Waals surface area (Å²) in [5.41, 5.74) is 7.45. The minimum absolute atomic E-state index is 0.604. The van der Waals surface area contributed by atoms with Crippen molar-refractivity contribution in [1.29, 1.82) is 0 Å². The Morgan fingerprint density at radius 2 is 2.27 bits per heavy atom. The fourth-order valence-electron chi connectivity index (χ4n) is 1.29. The molecule has 0 amide bonds. The van der Waals surface area contributed by atoms with Crippen LogP contribution in [-0.4, -0.2) is 20.2 Å². The molecule has 0 bridgehead atoms. The highest BCUT2D eigenvalue weighted by molar-refractivity contribution is 6.30. The van der Waals surface area contributed by atoms with Crippen molar-refractivity contribution in [1.82, 2.24) is 20.2 Å². The second kappa shape index (κ2) is 3.86. The minimum atomic E-state index is 0.604. The van der Waals surface area contributed by atoms with Crippen LogP contribution in [0.5, 0.6) is 0 Å². The van der Waals surface area contributed by atoms with E-state index in [0.717, 1.165) is 11.4 Å². The lowest BCUT2D eigenvalue weighted by Gasteiger charge is -2.04. The van der Waals surface area contributed by atoms with Gasteiger partial charge in [0.2, 0.25) is 0 Å². The molecule has 0 aliphatic carbocycles. The predicted octanol–water partition coefficient (Wildman–Crippen LogP) is 1.04. The van der Waals surface area contributed by atoms with E-state index in [1.165, 1.54) is 0 Å². The van der Waals surface area contributed by atoms with E-state index in [0.29, 0.717) is 17.1 Å². The third kappa shape index (κ3) is 2.07. The number of halogens is 1. The zero-order chi connectivity index (χ0) is 10.8. The average molecular weight is 224 g/mol. The lowest BCUT2D eigenvalue weighted by atomic mass is 10.1. The Hall–Kier alpha value is -1.62. The Balaban J connectivity index is 2.29.